The highest BCUT2D eigenvalue weighted by Crippen LogP contribution is 2.29. The van der Waals surface area contributed by atoms with Gasteiger partial charge in [-0.1, -0.05) is 6.07 Å². The molecule has 1 aromatic carbocycles. The molecule has 0 amide bonds. The average molecular weight is 271 g/mol. The summed E-state index contributed by atoms with van der Waals surface area (Å²) in [7, 11) is 2.51. The van der Waals surface area contributed by atoms with E-state index in [0.29, 0.717) is 5.75 Å². The summed E-state index contributed by atoms with van der Waals surface area (Å²) in [6, 6.07) is 5.91. The normalized spacial score (nSPS) is 14.0. The molecule has 0 aliphatic carbocycles. The summed E-state index contributed by atoms with van der Waals surface area (Å²) in [5.41, 5.74) is 1.07. The van der Waals surface area contributed by atoms with Gasteiger partial charge in [-0.2, -0.15) is 0 Å². The smallest absolute Gasteiger partial charge is 0.127 e. The fourth-order valence-electron chi connectivity index (χ4n) is 1.71. The van der Waals surface area contributed by atoms with Gasteiger partial charge in [0.2, 0.25) is 0 Å². The Morgan fingerprint density at radius 1 is 1.33 bits per heavy atom. The van der Waals surface area contributed by atoms with Crippen LogP contribution >= 0.6 is 0 Å². The first-order chi connectivity index (χ1) is 8.58. The number of benzene rings is 1. The Morgan fingerprint density at radius 3 is 2.61 bits per heavy atom. The van der Waals surface area contributed by atoms with Crippen molar-refractivity contribution in [3.05, 3.63) is 23.8 Å². The van der Waals surface area contributed by atoms with Crippen LogP contribution < -0.4 is 14.8 Å². The van der Waals surface area contributed by atoms with Crippen LogP contribution in [0.5, 0.6) is 11.5 Å². The van der Waals surface area contributed by atoms with Gasteiger partial charge in [0.15, 0.2) is 0 Å². The zero-order valence-corrected chi connectivity index (χ0v) is 12.2. The minimum Gasteiger partial charge on any atom is -0.497 e. The Hall–Kier alpha value is -1.07. The van der Waals surface area contributed by atoms with E-state index in [1.165, 1.54) is 0 Å². The summed E-state index contributed by atoms with van der Waals surface area (Å²) >= 11 is 0. The number of methoxy groups -OCH3 is 2. The summed E-state index contributed by atoms with van der Waals surface area (Å²) in [6.45, 7) is 2.78. The Kier molecular flexibility index (Phi) is 6.15. The van der Waals surface area contributed by atoms with Gasteiger partial charge in [-0.15, -0.1) is 0 Å². The van der Waals surface area contributed by atoms with Crippen molar-refractivity contribution in [3.63, 3.8) is 0 Å². The van der Waals surface area contributed by atoms with E-state index in [1.54, 1.807) is 20.5 Å². The highest BCUT2D eigenvalue weighted by Gasteiger charge is 2.11. The molecule has 4 nitrogen and oxygen atoms in total. The first-order valence-corrected chi connectivity index (χ1v) is 7.56. The molecule has 102 valence electrons. The van der Waals surface area contributed by atoms with E-state index < -0.39 is 10.8 Å². The molecule has 0 aliphatic heterocycles. The van der Waals surface area contributed by atoms with Crippen LogP contribution in [0.25, 0.3) is 0 Å². The second kappa shape index (κ2) is 7.38. The molecule has 0 saturated carbocycles. The molecule has 0 bridgehead atoms. The van der Waals surface area contributed by atoms with Crippen molar-refractivity contribution in [1.82, 2.24) is 5.32 Å². The molecule has 18 heavy (non-hydrogen) atoms. The molecule has 0 saturated heterocycles. The van der Waals surface area contributed by atoms with Crippen molar-refractivity contribution in [3.8, 4) is 11.5 Å². The van der Waals surface area contributed by atoms with E-state index in [4.69, 9.17) is 9.47 Å². The monoisotopic (exact) mass is 271 g/mol. The van der Waals surface area contributed by atoms with Gasteiger partial charge in [0.1, 0.15) is 11.5 Å². The van der Waals surface area contributed by atoms with Crippen LogP contribution in [0.15, 0.2) is 18.2 Å². The summed E-state index contributed by atoms with van der Waals surface area (Å²) in [5, 5.41) is 3.33. The SMILES string of the molecule is COc1ccc(C(C)NCCS(C)=O)c(OC)c1. The van der Waals surface area contributed by atoms with Crippen LogP contribution in [-0.4, -0.2) is 37.0 Å². The van der Waals surface area contributed by atoms with Gasteiger partial charge in [-0.3, -0.25) is 4.21 Å². The molecule has 2 unspecified atom stereocenters. The molecule has 0 radical (unpaired) electrons. The molecule has 1 rings (SSSR count). The third-order valence-electron chi connectivity index (χ3n) is 2.75. The standard InChI is InChI=1S/C13H21NO3S/c1-10(14-7-8-18(4)15)12-6-5-11(16-2)9-13(12)17-3/h5-6,9-10,14H,7-8H2,1-4H3. The van der Waals surface area contributed by atoms with Crippen molar-refractivity contribution >= 4 is 10.8 Å². The molecule has 2 atom stereocenters. The highest BCUT2D eigenvalue weighted by atomic mass is 32.2. The Bertz CT molecular complexity index is 409. The van der Waals surface area contributed by atoms with Crippen molar-refractivity contribution in [2.75, 3.05) is 32.8 Å². The molecular weight excluding hydrogens is 250 g/mol. The maximum absolute atomic E-state index is 11.0. The molecular formula is C13H21NO3S. The van der Waals surface area contributed by atoms with Crippen LogP contribution in [0.1, 0.15) is 18.5 Å². The Labute approximate surface area is 111 Å². The quantitative estimate of drug-likeness (QED) is 0.820. The van der Waals surface area contributed by atoms with Gasteiger partial charge in [0.05, 0.1) is 14.2 Å². The first-order valence-electron chi connectivity index (χ1n) is 5.83. The zero-order chi connectivity index (χ0) is 13.5. The summed E-state index contributed by atoms with van der Waals surface area (Å²) in [4.78, 5) is 0. The predicted molar refractivity (Wildman–Crippen MR) is 74.9 cm³/mol. The number of hydrogen-bond acceptors (Lipinski definition) is 4. The molecule has 1 aromatic rings. The van der Waals surface area contributed by atoms with Crippen LogP contribution in [-0.2, 0) is 10.8 Å². The summed E-state index contributed by atoms with van der Waals surface area (Å²) in [5.74, 6) is 2.23. The molecule has 0 spiro atoms. The van der Waals surface area contributed by atoms with Crippen LogP contribution in [0.4, 0.5) is 0 Å². The van der Waals surface area contributed by atoms with Gasteiger partial charge in [0.25, 0.3) is 0 Å². The van der Waals surface area contributed by atoms with E-state index in [-0.39, 0.29) is 6.04 Å². The lowest BCUT2D eigenvalue weighted by molar-refractivity contribution is 0.386. The van der Waals surface area contributed by atoms with Crippen molar-refractivity contribution in [1.29, 1.82) is 0 Å². The third-order valence-corrected chi connectivity index (χ3v) is 3.53. The van der Waals surface area contributed by atoms with E-state index in [2.05, 4.69) is 12.2 Å². The maximum atomic E-state index is 11.0. The summed E-state index contributed by atoms with van der Waals surface area (Å²) < 4.78 is 21.5. The van der Waals surface area contributed by atoms with Gasteiger partial charge in [-0.05, 0) is 13.0 Å². The largest absolute Gasteiger partial charge is 0.497 e. The van der Waals surface area contributed by atoms with Gasteiger partial charge in [-0.25, -0.2) is 0 Å². The lowest BCUT2D eigenvalue weighted by Gasteiger charge is -2.17. The second-order valence-electron chi connectivity index (χ2n) is 4.06. The maximum Gasteiger partial charge on any atom is 0.127 e. The van der Waals surface area contributed by atoms with Crippen molar-refractivity contribution in [2.24, 2.45) is 0 Å². The molecule has 0 aliphatic rings. The topological polar surface area (TPSA) is 47.6 Å². The van der Waals surface area contributed by atoms with Gasteiger partial charge >= 0.3 is 0 Å². The first kappa shape index (κ1) is 15.0. The minimum atomic E-state index is -0.764. The zero-order valence-electron chi connectivity index (χ0n) is 11.4. The summed E-state index contributed by atoms with van der Waals surface area (Å²) in [6.07, 6.45) is 1.71. The number of nitrogens with one attached hydrogen (secondary N) is 1. The van der Waals surface area contributed by atoms with E-state index in [1.807, 2.05) is 18.2 Å². The third kappa shape index (κ3) is 4.31. The number of hydrogen-bond donors (Lipinski definition) is 1. The van der Waals surface area contributed by atoms with Crippen LogP contribution in [0.2, 0.25) is 0 Å². The van der Waals surface area contributed by atoms with Crippen LogP contribution in [0, 0.1) is 0 Å². The van der Waals surface area contributed by atoms with E-state index in [0.717, 1.165) is 23.6 Å². The minimum absolute atomic E-state index is 0.148. The van der Waals surface area contributed by atoms with Crippen molar-refractivity contribution in [2.45, 2.75) is 13.0 Å². The molecule has 5 heteroatoms. The van der Waals surface area contributed by atoms with Crippen molar-refractivity contribution < 1.29 is 13.7 Å². The average Bonchev–Trinajstić information content (AvgIpc) is 2.37. The molecule has 0 heterocycles. The number of rotatable bonds is 7. The predicted octanol–water partition coefficient (Wildman–Crippen LogP) is 1.73. The molecule has 1 N–H and O–H groups in total. The van der Waals surface area contributed by atoms with Crippen LogP contribution in [0.3, 0.4) is 0 Å². The lowest BCUT2D eigenvalue weighted by atomic mass is 10.1. The van der Waals surface area contributed by atoms with E-state index in [9.17, 15) is 4.21 Å². The second-order valence-corrected chi connectivity index (χ2v) is 5.62. The molecule has 0 fully saturated rings. The Morgan fingerprint density at radius 2 is 2.06 bits per heavy atom. The van der Waals surface area contributed by atoms with Gasteiger partial charge in [0, 0.05) is 47.0 Å². The van der Waals surface area contributed by atoms with Gasteiger partial charge < -0.3 is 14.8 Å². The fourth-order valence-corrected chi connectivity index (χ4v) is 2.11. The Balaban J connectivity index is 2.72. The number of ether oxygens (including phenoxy) is 2. The molecule has 0 aromatic heterocycles. The highest BCUT2D eigenvalue weighted by molar-refractivity contribution is 7.84. The fraction of sp³-hybridized carbons (Fsp3) is 0.538. The van der Waals surface area contributed by atoms with E-state index >= 15 is 0 Å². The lowest BCUT2D eigenvalue weighted by Crippen LogP contribution is -2.24.